The van der Waals surface area contributed by atoms with E-state index in [1.807, 2.05) is 36.1 Å². The van der Waals surface area contributed by atoms with Gasteiger partial charge in [0.05, 0.1) is 0 Å². The Kier molecular flexibility index (Phi) is 4.00. The first-order chi connectivity index (χ1) is 12.0. The topological polar surface area (TPSA) is 35.6 Å². The van der Waals surface area contributed by atoms with Crippen LogP contribution in [0.4, 0.5) is 16.2 Å². The van der Waals surface area contributed by atoms with E-state index in [2.05, 4.69) is 42.4 Å². The Hall–Kier alpha value is -2.33. The second-order valence-electron chi connectivity index (χ2n) is 7.46. The smallest absolute Gasteiger partial charge is 0.308 e. The second kappa shape index (κ2) is 6.19. The molecule has 2 aliphatic heterocycles. The van der Waals surface area contributed by atoms with Crippen molar-refractivity contribution in [3.05, 3.63) is 59.2 Å². The Labute approximate surface area is 149 Å². The van der Waals surface area contributed by atoms with E-state index in [1.165, 1.54) is 11.1 Å². The van der Waals surface area contributed by atoms with Crippen molar-refractivity contribution in [1.29, 1.82) is 0 Å². The van der Waals surface area contributed by atoms with Crippen molar-refractivity contribution >= 4 is 17.4 Å². The van der Waals surface area contributed by atoms with Gasteiger partial charge in [-0.1, -0.05) is 29.8 Å². The SMILES string of the molecule is Cc1cccc(NC(=O)N2c3ccc(C)cc3[C@@H]3CN(C)CC[C@@H]32)c1. The molecule has 1 N–H and O–H groups in total. The summed E-state index contributed by atoms with van der Waals surface area (Å²) in [5.41, 5.74) is 5.64. The van der Waals surface area contributed by atoms with Gasteiger partial charge in [0.2, 0.25) is 0 Å². The van der Waals surface area contributed by atoms with Gasteiger partial charge in [-0.25, -0.2) is 4.79 Å². The lowest BCUT2D eigenvalue weighted by Gasteiger charge is -2.36. The highest BCUT2D eigenvalue weighted by Crippen LogP contribution is 2.45. The van der Waals surface area contributed by atoms with Gasteiger partial charge in [-0.15, -0.1) is 0 Å². The van der Waals surface area contributed by atoms with Crippen molar-refractivity contribution in [2.75, 3.05) is 30.4 Å². The number of likely N-dealkylation sites (N-methyl/N-ethyl adjacent to an activating group) is 1. The normalized spacial score (nSPS) is 22.4. The minimum atomic E-state index is -0.0206. The molecule has 4 heteroatoms. The number of anilines is 2. The number of rotatable bonds is 1. The average Bonchev–Trinajstić information content (AvgIpc) is 2.88. The summed E-state index contributed by atoms with van der Waals surface area (Å²) in [4.78, 5) is 17.5. The number of hydrogen-bond acceptors (Lipinski definition) is 2. The van der Waals surface area contributed by atoms with Gasteiger partial charge >= 0.3 is 6.03 Å². The number of aryl methyl sites for hydroxylation is 2. The zero-order chi connectivity index (χ0) is 17.6. The number of nitrogens with zero attached hydrogens (tertiary/aromatic N) is 2. The van der Waals surface area contributed by atoms with Crippen LogP contribution in [0.5, 0.6) is 0 Å². The van der Waals surface area contributed by atoms with Gasteiger partial charge in [-0.2, -0.15) is 0 Å². The summed E-state index contributed by atoms with van der Waals surface area (Å²) in [6, 6.07) is 14.7. The summed E-state index contributed by atoms with van der Waals surface area (Å²) in [6.45, 7) is 6.20. The molecule has 25 heavy (non-hydrogen) atoms. The molecule has 2 atom stereocenters. The highest BCUT2D eigenvalue weighted by molar-refractivity contribution is 6.04. The number of piperidine rings is 1. The third-order valence-electron chi connectivity index (χ3n) is 5.44. The maximum Gasteiger partial charge on any atom is 0.326 e. The van der Waals surface area contributed by atoms with Gasteiger partial charge in [-0.05, 0) is 63.2 Å². The van der Waals surface area contributed by atoms with Gasteiger partial charge in [0.15, 0.2) is 0 Å². The average molecular weight is 335 g/mol. The predicted molar refractivity (Wildman–Crippen MR) is 102 cm³/mol. The molecule has 0 aromatic heterocycles. The monoisotopic (exact) mass is 335 g/mol. The molecule has 0 bridgehead atoms. The first-order valence-corrected chi connectivity index (χ1v) is 8.99. The van der Waals surface area contributed by atoms with Crippen LogP contribution in [0.1, 0.15) is 29.0 Å². The van der Waals surface area contributed by atoms with Crippen LogP contribution >= 0.6 is 0 Å². The number of likely N-dealkylation sites (tertiary alicyclic amines) is 1. The first kappa shape index (κ1) is 16.2. The minimum absolute atomic E-state index is 0.0206. The summed E-state index contributed by atoms with van der Waals surface area (Å²) < 4.78 is 0. The Morgan fingerprint density at radius 3 is 2.72 bits per heavy atom. The number of carbonyl (C=O) groups excluding carboxylic acids is 1. The van der Waals surface area contributed by atoms with Gasteiger partial charge in [0.1, 0.15) is 0 Å². The molecule has 4 rings (SSSR count). The van der Waals surface area contributed by atoms with Crippen LogP contribution in [0.2, 0.25) is 0 Å². The Morgan fingerprint density at radius 1 is 1.12 bits per heavy atom. The third-order valence-corrected chi connectivity index (χ3v) is 5.44. The van der Waals surface area contributed by atoms with Crippen molar-refractivity contribution in [3.63, 3.8) is 0 Å². The van der Waals surface area contributed by atoms with Crippen molar-refractivity contribution in [2.24, 2.45) is 0 Å². The number of urea groups is 1. The lowest BCUT2D eigenvalue weighted by molar-refractivity contribution is 0.224. The van der Waals surface area contributed by atoms with Crippen LogP contribution in [0.3, 0.4) is 0 Å². The summed E-state index contributed by atoms with van der Waals surface area (Å²) in [7, 11) is 2.17. The lowest BCUT2D eigenvalue weighted by atomic mass is 9.89. The molecule has 2 aliphatic rings. The maximum atomic E-state index is 13.1. The molecule has 0 saturated carbocycles. The maximum absolute atomic E-state index is 13.1. The van der Waals surface area contributed by atoms with E-state index in [-0.39, 0.29) is 12.1 Å². The number of hydrogen-bond donors (Lipinski definition) is 1. The molecule has 0 unspecified atom stereocenters. The van der Waals surface area contributed by atoms with E-state index in [9.17, 15) is 4.79 Å². The molecule has 1 saturated heterocycles. The van der Waals surface area contributed by atoms with Crippen LogP contribution in [-0.4, -0.2) is 37.1 Å². The van der Waals surface area contributed by atoms with Crippen LogP contribution in [0.15, 0.2) is 42.5 Å². The van der Waals surface area contributed by atoms with Gasteiger partial charge in [0, 0.05) is 29.9 Å². The predicted octanol–water partition coefficient (Wildman–Crippen LogP) is 4.14. The van der Waals surface area contributed by atoms with Crippen LogP contribution < -0.4 is 10.2 Å². The summed E-state index contributed by atoms with van der Waals surface area (Å²) in [5.74, 6) is 0.400. The van der Waals surface area contributed by atoms with E-state index in [4.69, 9.17) is 0 Å². The highest BCUT2D eigenvalue weighted by atomic mass is 16.2. The number of fused-ring (bicyclic) bond motifs is 3. The Morgan fingerprint density at radius 2 is 1.92 bits per heavy atom. The summed E-state index contributed by atoms with van der Waals surface area (Å²) in [6.07, 6.45) is 1.01. The molecular formula is C21H25N3O. The van der Waals surface area contributed by atoms with E-state index >= 15 is 0 Å². The Bertz CT molecular complexity index is 817. The first-order valence-electron chi connectivity index (χ1n) is 8.99. The van der Waals surface area contributed by atoms with Gasteiger partial charge in [-0.3, -0.25) is 4.90 Å². The van der Waals surface area contributed by atoms with Crippen LogP contribution in [-0.2, 0) is 0 Å². The standard InChI is InChI=1S/C21H25N3O/c1-14-5-4-6-16(11-14)22-21(25)24-19-8-7-15(2)12-17(19)18-13-23(3)10-9-20(18)24/h4-8,11-12,18,20H,9-10,13H2,1-3H3,(H,22,25)/t18-,20-/m0/s1. The van der Waals surface area contributed by atoms with E-state index < -0.39 is 0 Å². The second-order valence-corrected chi connectivity index (χ2v) is 7.46. The largest absolute Gasteiger partial charge is 0.326 e. The van der Waals surface area contributed by atoms with Crippen molar-refractivity contribution in [2.45, 2.75) is 32.2 Å². The lowest BCUT2D eigenvalue weighted by Crippen LogP contribution is -2.48. The molecule has 2 aromatic carbocycles. The van der Waals surface area contributed by atoms with Crippen LogP contribution in [0.25, 0.3) is 0 Å². The van der Waals surface area contributed by atoms with Gasteiger partial charge in [0.25, 0.3) is 0 Å². The molecule has 0 radical (unpaired) electrons. The molecule has 130 valence electrons. The molecule has 2 aromatic rings. The fourth-order valence-corrected chi connectivity index (χ4v) is 4.25. The number of carbonyl (C=O) groups is 1. The molecule has 1 fully saturated rings. The number of nitrogens with one attached hydrogen (secondary N) is 1. The zero-order valence-electron chi connectivity index (χ0n) is 15.1. The number of benzene rings is 2. The van der Waals surface area contributed by atoms with Crippen LogP contribution in [0, 0.1) is 13.8 Å². The van der Waals surface area contributed by atoms with Gasteiger partial charge < -0.3 is 10.2 Å². The molecule has 2 amide bonds. The molecule has 2 heterocycles. The van der Waals surface area contributed by atoms with E-state index in [0.29, 0.717) is 5.92 Å². The molecular weight excluding hydrogens is 310 g/mol. The minimum Gasteiger partial charge on any atom is -0.308 e. The van der Waals surface area contributed by atoms with E-state index in [0.717, 1.165) is 36.4 Å². The van der Waals surface area contributed by atoms with Crippen molar-refractivity contribution < 1.29 is 4.79 Å². The highest BCUT2D eigenvalue weighted by Gasteiger charge is 2.43. The molecule has 0 aliphatic carbocycles. The fourth-order valence-electron chi connectivity index (χ4n) is 4.25. The number of amides is 2. The quantitative estimate of drug-likeness (QED) is 0.850. The summed E-state index contributed by atoms with van der Waals surface area (Å²) >= 11 is 0. The molecule has 0 spiro atoms. The fraction of sp³-hybridized carbons (Fsp3) is 0.381. The zero-order valence-corrected chi connectivity index (χ0v) is 15.1. The molecule has 4 nitrogen and oxygen atoms in total. The Balaban J connectivity index is 1.67. The van der Waals surface area contributed by atoms with E-state index in [1.54, 1.807) is 0 Å². The third kappa shape index (κ3) is 2.91. The van der Waals surface area contributed by atoms with Crippen molar-refractivity contribution in [3.8, 4) is 0 Å². The summed E-state index contributed by atoms with van der Waals surface area (Å²) in [5, 5.41) is 3.10. The van der Waals surface area contributed by atoms with Crippen molar-refractivity contribution in [1.82, 2.24) is 4.90 Å².